The third kappa shape index (κ3) is 4.30. The summed E-state index contributed by atoms with van der Waals surface area (Å²) >= 11 is 0. The minimum absolute atomic E-state index is 0.278. The molecule has 1 atom stereocenters. The van der Waals surface area contributed by atoms with Crippen molar-refractivity contribution in [2.75, 3.05) is 5.73 Å². The maximum Gasteiger partial charge on any atom is 0.343 e. The summed E-state index contributed by atoms with van der Waals surface area (Å²) in [5.74, 6) is -0.728. The SMILES string of the molecule is NC1=CC[C@@H](C(=O)Oc2cccc(OC(=O)c3ccc(N)cc3)c2)C=C1. The van der Waals surface area contributed by atoms with Gasteiger partial charge in [-0.15, -0.1) is 0 Å². The van der Waals surface area contributed by atoms with E-state index in [1.54, 1.807) is 60.7 Å². The zero-order chi connectivity index (χ0) is 18.5. The molecule has 6 nitrogen and oxygen atoms in total. The second-order valence-corrected chi connectivity index (χ2v) is 5.81. The van der Waals surface area contributed by atoms with Crippen molar-refractivity contribution >= 4 is 17.6 Å². The molecule has 0 heterocycles. The van der Waals surface area contributed by atoms with Gasteiger partial charge in [-0.1, -0.05) is 18.2 Å². The summed E-state index contributed by atoms with van der Waals surface area (Å²) in [6.07, 6.45) is 5.66. The van der Waals surface area contributed by atoms with Crippen molar-refractivity contribution < 1.29 is 19.1 Å². The minimum Gasteiger partial charge on any atom is -0.426 e. The van der Waals surface area contributed by atoms with Crippen LogP contribution in [0.5, 0.6) is 11.5 Å². The Morgan fingerprint density at radius 3 is 2.31 bits per heavy atom. The van der Waals surface area contributed by atoms with Crippen molar-refractivity contribution in [2.24, 2.45) is 11.7 Å². The number of hydrogen-bond acceptors (Lipinski definition) is 6. The van der Waals surface area contributed by atoms with Crippen LogP contribution in [0.4, 0.5) is 5.69 Å². The highest BCUT2D eigenvalue weighted by atomic mass is 16.5. The van der Waals surface area contributed by atoms with Gasteiger partial charge in [0.15, 0.2) is 0 Å². The fourth-order valence-electron chi connectivity index (χ4n) is 2.39. The Hall–Kier alpha value is -3.54. The summed E-state index contributed by atoms with van der Waals surface area (Å²) in [5.41, 5.74) is 12.8. The van der Waals surface area contributed by atoms with Crippen molar-refractivity contribution in [1.82, 2.24) is 0 Å². The van der Waals surface area contributed by atoms with Crippen LogP contribution in [-0.2, 0) is 4.79 Å². The molecule has 0 fully saturated rings. The van der Waals surface area contributed by atoms with Crippen molar-refractivity contribution in [3.63, 3.8) is 0 Å². The largest absolute Gasteiger partial charge is 0.426 e. The van der Waals surface area contributed by atoms with E-state index in [2.05, 4.69) is 0 Å². The first-order valence-electron chi connectivity index (χ1n) is 8.04. The average molecular weight is 350 g/mol. The number of benzene rings is 2. The van der Waals surface area contributed by atoms with E-state index in [4.69, 9.17) is 20.9 Å². The fraction of sp³-hybridized carbons (Fsp3) is 0.100. The normalized spacial score (nSPS) is 15.8. The maximum absolute atomic E-state index is 12.2. The van der Waals surface area contributed by atoms with Gasteiger partial charge < -0.3 is 20.9 Å². The Morgan fingerprint density at radius 1 is 0.962 bits per heavy atom. The number of hydrogen-bond donors (Lipinski definition) is 2. The summed E-state index contributed by atoms with van der Waals surface area (Å²) in [4.78, 5) is 24.3. The number of anilines is 1. The van der Waals surface area contributed by atoms with Gasteiger partial charge in [-0.3, -0.25) is 4.79 Å². The first-order chi connectivity index (χ1) is 12.5. The Morgan fingerprint density at radius 2 is 1.65 bits per heavy atom. The van der Waals surface area contributed by atoms with Gasteiger partial charge in [-0.25, -0.2) is 4.79 Å². The number of carbonyl (C=O) groups is 2. The average Bonchev–Trinajstić information content (AvgIpc) is 2.63. The molecule has 2 aromatic rings. The van der Waals surface area contributed by atoms with E-state index < -0.39 is 11.9 Å². The zero-order valence-electron chi connectivity index (χ0n) is 13.9. The first-order valence-corrected chi connectivity index (χ1v) is 8.04. The molecular weight excluding hydrogens is 332 g/mol. The molecule has 0 saturated carbocycles. The van der Waals surface area contributed by atoms with Crippen molar-refractivity contribution in [1.29, 1.82) is 0 Å². The molecule has 0 spiro atoms. The highest BCUT2D eigenvalue weighted by molar-refractivity contribution is 5.91. The number of nitrogen functional groups attached to an aromatic ring is 1. The summed E-state index contributed by atoms with van der Waals surface area (Å²) in [6.45, 7) is 0. The monoisotopic (exact) mass is 350 g/mol. The molecule has 0 amide bonds. The maximum atomic E-state index is 12.2. The molecule has 0 saturated heterocycles. The zero-order valence-corrected chi connectivity index (χ0v) is 13.9. The Bertz CT molecular complexity index is 885. The Balaban J connectivity index is 1.64. The van der Waals surface area contributed by atoms with Crippen LogP contribution in [0.2, 0.25) is 0 Å². The van der Waals surface area contributed by atoms with E-state index in [-0.39, 0.29) is 11.7 Å². The standard InChI is InChI=1S/C20H18N2O4/c21-15-8-4-13(5-9-15)19(23)25-17-2-1-3-18(12-17)26-20(24)14-6-10-16(22)11-7-14/h1-6,8-12,14H,7,21-22H2/t14-/m0/s1. The van der Waals surface area contributed by atoms with Crippen molar-refractivity contribution in [3.8, 4) is 11.5 Å². The second-order valence-electron chi connectivity index (χ2n) is 5.81. The van der Waals surface area contributed by atoms with E-state index in [1.807, 2.05) is 0 Å². The fourth-order valence-corrected chi connectivity index (χ4v) is 2.39. The topological polar surface area (TPSA) is 105 Å². The molecule has 3 rings (SSSR count). The molecule has 6 heteroatoms. The van der Waals surface area contributed by atoms with Gasteiger partial charge in [-0.2, -0.15) is 0 Å². The number of carbonyl (C=O) groups excluding carboxylic acids is 2. The molecule has 0 radical (unpaired) electrons. The van der Waals surface area contributed by atoms with E-state index in [9.17, 15) is 9.59 Å². The molecule has 26 heavy (non-hydrogen) atoms. The molecule has 0 unspecified atom stereocenters. The van der Waals surface area contributed by atoms with Crippen LogP contribution in [0.25, 0.3) is 0 Å². The molecule has 0 aromatic heterocycles. The number of rotatable bonds is 4. The van der Waals surface area contributed by atoms with Gasteiger partial charge in [0.1, 0.15) is 11.5 Å². The lowest BCUT2D eigenvalue weighted by atomic mass is 10.00. The van der Waals surface area contributed by atoms with Crippen LogP contribution in [-0.4, -0.2) is 11.9 Å². The Kier molecular flexibility index (Phi) is 5.03. The second kappa shape index (κ2) is 7.57. The van der Waals surface area contributed by atoms with Gasteiger partial charge in [0.05, 0.1) is 11.5 Å². The molecule has 1 aliphatic carbocycles. The molecule has 1 aliphatic rings. The van der Waals surface area contributed by atoms with E-state index >= 15 is 0 Å². The first kappa shape index (κ1) is 17.3. The van der Waals surface area contributed by atoms with Crippen LogP contribution in [0.15, 0.2) is 72.5 Å². The van der Waals surface area contributed by atoms with E-state index in [0.717, 1.165) is 0 Å². The molecule has 2 aromatic carbocycles. The van der Waals surface area contributed by atoms with Crippen LogP contribution < -0.4 is 20.9 Å². The molecule has 0 bridgehead atoms. The van der Waals surface area contributed by atoms with Gasteiger partial charge >= 0.3 is 11.9 Å². The van der Waals surface area contributed by atoms with E-state index in [0.29, 0.717) is 29.1 Å². The van der Waals surface area contributed by atoms with Gasteiger partial charge in [0, 0.05) is 17.5 Å². The lowest BCUT2D eigenvalue weighted by Crippen LogP contribution is -2.20. The highest BCUT2D eigenvalue weighted by Gasteiger charge is 2.19. The molecular formula is C20H18N2O4. The van der Waals surface area contributed by atoms with Crippen LogP contribution in [0.1, 0.15) is 16.8 Å². The summed E-state index contributed by atoms with van der Waals surface area (Å²) in [6, 6.07) is 12.8. The number of ether oxygens (including phenoxy) is 2. The van der Waals surface area contributed by atoms with E-state index in [1.165, 1.54) is 6.07 Å². The minimum atomic E-state index is -0.524. The van der Waals surface area contributed by atoms with Crippen LogP contribution in [0, 0.1) is 5.92 Å². The quantitative estimate of drug-likeness (QED) is 0.499. The van der Waals surface area contributed by atoms with Gasteiger partial charge in [-0.05, 0) is 48.9 Å². The number of nitrogens with two attached hydrogens (primary N) is 2. The lowest BCUT2D eigenvalue weighted by Gasteiger charge is -2.14. The molecule has 132 valence electrons. The molecule has 0 aliphatic heterocycles. The third-order valence-electron chi connectivity index (χ3n) is 3.81. The smallest absolute Gasteiger partial charge is 0.343 e. The number of allylic oxidation sites excluding steroid dienone is 2. The summed E-state index contributed by atoms with van der Waals surface area (Å²) in [7, 11) is 0. The van der Waals surface area contributed by atoms with Crippen molar-refractivity contribution in [3.05, 3.63) is 78.0 Å². The van der Waals surface area contributed by atoms with Crippen molar-refractivity contribution in [2.45, 2.75) is 6.42 Å². The lowest BCUT2D eigenvalue weighted by molar-refractivity contribution is -0.137. The summed E-state index contributed by atoms with van der Waals surface area (Å²) in [5, 5.41) is 0. The van der Waals surface area contributed by atoms with Crippen LogP contribution >= 0.6 is 0 Å². The Labute approximate surface area is 150 Å². The third-order valence-corrected chi connectivity index (χ3v) is 3.81. The van der Waals surface area contributed by atoms with Crippen LogP contribution in [0.3, 0.4) is 0 Å². The van der Waals surface area contributed by atoms with Gasteiger partial charge in [0.25, 0.3) is 0 Å². The number of esters is 2. The predicted octanol–water partition coefficient (Wildman–Crippen LogP) is 2.81. The highest BCUT2D eigenvalue weighted by Crippen LogP contribution is 2.23. The van der Waals surface area contributed by atoms with Gasteiger partial charge in [0.2, 0.25) is 0 Å². The predicted molar refractivity (Wildman–Crippen MR) is 97.4 cm³/mol. The molecule has 4 N–H and O–H groups in total. The summed E-state index contributed by atoms with van der Waals surface area (Å²) < 4.78 is 10.7.